The zero-order valence-electron chi connectivity index (χ0n) is 8.53. The summed E-state index contributed by atoms with van der Waals surface area (Å²) in [5, 5.41) is 0. The van der Waals surface area contributed by atoms with Crippen LogP contribution in [0, 0.1) is 0 Å². The highest BCUT2D eigenvalue weighted by molar-refractivity contribution is 5.62. The van der Waals surface area contributed by atoms with Gasteiger partial charge < -0.3 is 9.47 Å². The van der Waals surface area contributed by atoms with Crippen molar-refractivity contribution in [2.45, 2.75) is 38.9 Å². The molecule has 1 rings (SSSR count). The van der Waals surface area contributed by atoms with Crippen LogP contribution in [0.15, 0.2) is 4.99 Å². The Labute approximate surface area is 80.1 Å². The first-order valence-corrected chi connectivity index (χ1v) is 5.06. The van der Waals surface area contributed by atoms with Crippen LogP contribution in [0.4, 0.5) is 0 Å². The van der Waals surface area contributed by atoms with Crippen LogP contribution in [0.5, 0.6) is 0 Å². The van der Waals surface area contributed by atoms with Gasteiger partial charge in [0, 0.05) is 26.0 Å². The average Bonchev–Trinajstić information content (AvgIpc) is 2.16. The van der Waals surface area contributed by atoms with Crippen LogP contribution in [0.2, 0.25) is 0 Å². The molecule has 0 spiro atoms. The van der Waals surface area contributed by atoms with Crippen molar-refractivity contribution < 1.29 is 9.47 Å². The highest BCUT2D eigenvalue weighted by Crippen LogP contribution is 2.11. The van der Waals surface area contributed by atoms with E-state index >= 15 is 0 Å². The second kappa shape index (κ2) is 6.11. The number of hydrogen-bond donors (Lipinski definition) is 0. The largest absolute Gasteiger partial charge is 0.381 e. The fourth-order valence-corrected chi connectivity index (χ4v) is 1.40. The monoisotopic (exact) mass is 185 g/mol. The molecule has 1 fully saturated rings. The predicted molar refractivity (Wildman–Crippen MR) is 53.4 cm³/mol. The summed E-state index contributed by atoms with van der Waals surface area (Å²) < 4.78 is 11.0. The van der Waals surface area contributed by atoms with Gasteiger partial charge in [-0.1, -0.05) is 0 Å². The highest BCUT2D eigenvalue weighted by atomic mass is 16.5. The molecule has 76 valence electrons. The first-order chi connectivity index (χ1) is 6.33. The molecule has 1 aliphatic rings. The summed E-state index contributed by atoms with van der Waals surface area (Å²) in [5.41, 5.74) is 0. The van der Waals surface area contributed by atoms with Crippen molar-refractivity contribution in [2.75, 3.05) is 19.8 Å². The van der Waals surface area contributed by atoms with Gasteiger partial charge in [0.05, 0.1) is 12.2 Å². The second-order valence-electron chi connectivity index (χ2n) is 3.30. The second-order valence-corrected chi connectivity index (χ2v) is 3.30. The van der Waals surface area contributed by atoms with E-state index in [2.05, 4.69) is 4.99 Å². The van der Waals surface area contributed by atoms with E-state index in [1.807, 2.05) is 20.1 Å². The SMILES string of the molecule is CC/N=C\C(C)OC1CCOCC1. The topological polar surface area (TPSA) is 30.8 Å². The summed E-state index contributed by atoms with van der Waals surface area (Å²) in [4.78, 5) is 4.16. The molecule has 0 saturated carbocycles. The molecule has 0 amide bonds. The summed E-state index contributed by atoms with van der Waals surface area (Å²) in [6, 6.07) is 0. The third-order valence-corrected chi connectivity index (χ3v) is 2.07. The number of rotatable bonds is 4. The van der Waals surface area contributed by atoms with Crippen molar-refractivity contribution in [2.24, 2.45) is 4.99 Å². The van der Waals surface area contributed by atoms with Gasteiger partial charge in [-0.2, -0.15) is 0 Å². The maximum Gasteiger partial charge on any atom is 0.0897 e. The standard InChI is InChI=1S/C10H19NO2/c1-3-11-8-9(2)13-10-4-6-12-7-5-10/h8-10H,3-7H2,1-2H3/b11-8-. The maximum absolute atomic E-state index is 5.76. The molecule has 0 aromatic carbocycles. The Morgan fingerprint density at radius 3 is 2.85 bits per heavy atom. The molecule has 0 aliphatic carbocycles. The summed E-state index contributed by atoms with van der Waals surface area (Å²) in [7, 11) is 0. The first kappa shape index (κ1) is 10.7. The van der Waals surface area contributed by atoms with Crippen molar-refractivity contribution in [1.82, 2.24) is 0 Å². The molecule has 1 heterocycles. The lowest BCUT2D eigenvalue weighted by Gasteiger charge is -2.24. The van der Waals surface area contributed by atoms with Crippen LogP contribution in [-0.4, -0.2) is 38.2 Å². The minimum atomic E-state index is 0.142. The van der Waals surface area contributed by atoms with Crippen LogP contribution in [0.25, 0.3) is 0 Å². The van der Waals surface area contributed by atoms with Crippen LogP contribution < -0.4 is 0 Å². The van der Waals surface area contributed by atoms with E-state index in [1.54, 1.807) is 0 Å². The molecule has 1 atom stereocenters. The van der Waals surface area contributed by atoms with Crippen molar-refractivity contribution in [1.29, 1.82) is 0 Å². The summed E-state index contributed by atoms with van der Waals surface area (Å²) in [5.74, 6) is 0. The predicted octanol–water partition coefficient (Wildman–Crippen LogP) is 1.66. The maximum atomic E-state index is 5.76. The Balaban J connectivity index is 2.18. The lowest BCUT2D eigenvalue weighted by atomic mass is 10.1. The number of hydrogen-bond acceptors (Lipinski definition) is 3. The molecule has 3 heteroatoms. The quantitative estimate of drug-likeness (QED) is 0.624. The van der Waals surface area contributed by atoms with Crippen molar-refractivity contribution in [3.8, 4) is 0 Å². The van der Waals surface area contributed by atoms with Crippen LogP contribution in [0.1, 0.15) is 26.7 Å². The smallest absolute Gasteiger partial charge is 0.0897 e. The van der Waals surface area contributed by atoms with Gasteiger partial charge in [0.2, 0.25) is 0 Å². The van der Waals surface area contributed by atoms with E-state index in [1.165, 1.54) is 0 Å². The Morgan fingerprint density at radius 1 is 1.54 bits per heavy atom. The number of aliphatic imine (C=N–C) groups is 1. The zero-order chi connectivity index (χ0) is 9.52. The zero-order valence-corrected chi connectivity index (χ0v) is 8.53. The summed E-state index contributed by atoms with van der Waals surface area (Å²) in [6.45, 7) is 6.57. The molecular formula is C10H19NO2. The van der Waals surface area contributed by atoms with E-state index in [9.17, 15) is 0 Å². The van der Waals surface area contributed by atoms with Gasteiger partial charge >= 0.3 is 0 Å². The highest BCUT2D eigenvalue weighted by Gasteiger charge is 2.15. The molecule has 1 aliphatic heterocycles. The lowest BCUT2D eigenvalue weighted by molar-refractivity contribution is -0.0416. The number of nitrogens with zero attached hydrogens (tertiary/aromatic N) is 1. The van der Waals surface area contributed by atoms with E-state index in [-0.39, 0.29) is 6.10 Å². The van der Waals surface area contributed by atoms with E-state index in [0.717, 1.165) is 32.6 Å². The fraction of sp³-hybridized carbons (Fsp3) is 0.900. The molecule has 1 saturated heterocycles. The van der Waals surface area contributed by atoms with Crippen molar-refractivity contribution in [3.63, 3.8) is 0 Å². The molecule has 0 aromatic rings. The van der Waals surface area contributed by atoms with E-state index in [0.29, 0.717) is 6.10 Å². The van der Waals surface area contributed by atoms with Gasteiger partial charge in [0.15, 0.2) is 0 Å². The molecule has 0 bridgehead atoms. The van der Waals surface area contributed by atoms with Crippen LogP contribution in [-0.2, 0) is 9.47 Å². The molecule has 1 unspecified atom stereocenters. The summed E-state index contributed by atoms with van der Waals surface area (Å²) in [6.07, 6.45) is 4.43. The Morgan fingerprint density at radius 2 is 2.23 bits per heavy atom. The van der Waals surface area contributed by atoms with E-state index in [4.69, 9.17) is 9.47 Å². The molecule has 3 nitrogen and oxygen atoms in total. The van der Waals surface area contributed by atoms with Gasteiger partial charge in [-0.3, -0.25) is 4.99 Å². The first-order valence-electron chi connectivity index (χ1n) is 5.06. The van der Waals surface area contributed by atoms with E-state index < -0.39 is 0 Å². The summed E-state index contributed by atoms with van der Waals surface area (Å²) >= 11 is 0. The van der Waals surface area contributed by atoms with Gasteiger partial charge in [-0.05, 0) is 26.7 Å². The van der Waals surface area contributed by atoms with Crippen molar-refractivity contribution in [3.05, 3.63) is 0 Å². The van der Waals surface area contributed by atoms with Gasteiger partial charge in [0.1, 0.15) is 0 Å². The lowest BCUT2D eigenvalue weighted by Crippen LogP contribution is -2.27. The molecule has 13 heavy (non-hydrogen) atoms. The molecule has 0 aromatic heterocycles. The third kappa shape index (κ3) is 4.39. The Bertz CT molecular complexity index is 153. The normalized spacial score (nSPS) is 22.3. The van der Waals surface area contributed by atoms with Gasteiger partial charge in [-0.15, -0.1) is 0 Å². The molecular weight excluding hydrogens is 166 g/mol. The molecule has 0 N–H and O–H groups in total. The van der Waals surface area contributed by atoms with Crippen molar-refractivity contribution >= 4 is 6.21 Å². The van der Waals surface area contributed by atoms with Gasteiger partial charge in [-0.25, -0.2) is 0 Å². The van der Waals surface area contributed by atoms with Crippen LogP contribution in [0.3, 0.4) is 0 Å². The third-order valence-electron chi connectivity index (χ3n) is 2.07. The Hall–Kier alpha value is -0.410. The minimum Gasteiger partial charge on any atom is -0.381 e. The minimum absolute atomic E-state index is 0.142. The average molecular weight is 185 g/mol. The Kier molecular flexibility index (Phi) is 5.01. The van der Waals surface area contributed by atoms with Gasteiger partial charge in [0.25, 0.3) is 0 Å². The molecule has 0 radical (unpaired) electrons. The number of ether oxygens (including phenoxy) is 2. The van der Waals surface area contributed by atoms with Crippen LogP contribution >= 0.6 is 0 Å². The fourth-order valence-electron chi connectivity index (χ4n) is 1.40.